The molecule has 164 valence electrons. The molecule has 31 heavy (non-hydrogen) atoms. The first-order valence-corrected chi connectivity index (χ1v) is 11.2. The molecule has 6 nitrogen and oxygen atoms in total. The van der Waals surface area contributed by atoms with Gasteiger partial charge in [0.15, 0.2) is 5.78 Å². The van der Waals surface area contributed by atoms with E-state index in [1.807, 2.05) is 53.4 Å². The van der Waals surface area contributed by atoms with Gasteiger partial charge in [-0.15, -0.1) is 0 Å². The molecule has 0 aromatic heterocycles. The number of morpholine rings is 1. The van der Waals surface area contributed by atoms with Gasteiger partial charge in [-0.1, -0.05) is 60.7 Å². The van der Waals surface area contributed by atoms with Crippen molar-refractivity contribution in [2.45, 2.75) is 18.9 Å². The maximum atomic E-state index is 13.1. The van der Waals surface area contributed by atoms with E-state index < -0.39 is 0 Å². The third kappa shape index (κ3) is 5.71. The summed E-state index contributed by atoms with van der Waals surface area (Å²) in [5.41, 5.74) is 1.87. The van der Waals surface area contributed by atoms with Crippen molar-refractivity contribution in [3.8, 4) is 0 Å². The molecule has 2 amide bonds. The minimum absolute atomic E-state index is 0.00952. The van der Waals surface area contributed by atoms with Gasteiger partial charge < -0.3 is 15.0 Å². The Hall–Kier alpha value is -2.70. The van der Waals surface area contributed by atoms with Gasteiger partial charge in [0, 0.05) is 44.2 Å². The number of ketones is 1. The zero-order chi connectivity index (χ0) is 21.5. The molecule has 6 heteroatoms. The molecule has 0 saturated carbocycles. The summed E-state index contributed by atoms with van der Waals surface area (Å²) in [6, 6.07) is 19.5. The number of likely N-dealkylation sites (tertiary alicyclic amines) is 1. The van der Waals surface area contributed by atoms with Gasteiger partial charge in [-0.2, -0.15) is 0 Å². The summed E-state index contributed by atoms with van der Waals surface area (Å²) in [4.78, 5) is 30.0. The minimum atomic E-state index is -0.0736. The largest absolute Gasteiger partial charge is 0.379 e. The van der Waals surface area contributed by atoms with E-state index in [-0.39, 0.29) is 23.8 Å². The smallest absolute Gasteiger partial charge is 0.317 e. The Bertz CT molecular complexity index is 845. The number of nitrogens with one attached hydrogen (secondary N) is 1. The fourth-order valence-electron chi connectivity index (χ4n) is 4.38. The number of urea groups is 1. The highest BCUT2D eigenvalue weighted by atomic mass is 16.5. The highest BCUT2D eigenvalue weighted by molar-refractivity contribution is 5.98. The van der Waals surface area contributed by atoms with E-state index in [4.69, 9.17) is 4.74 Å². The van der Waals surface area contributed by atoms with Gasteiger partial charge in [0.05, 0.1) is 19.3 Å². The molecule has 2 saturated heterocycles. The van der Waals surface area contributed by atoms with Crippen LogP contribution in [0.1, 0.15) is 34.8 Å². The molecule has 0 aliphatic carbocycles. The number of nitrogens with zero attached hydrogens (tertiary/aromatic N) is 2. The molecule has 2 heterocycles. The number of ether oxygens (including phenoxy) is 1. The molecule has 0 radical (unpaired) electrons. The topological polar surface area (TPSA) is 61.9 Å². The summed E-state index contributed by atoms with van der Waals surface area (Å²) in [6.07, 6.45) is 1.42. The highest BCUT2D eigenvalue weighted by Gasteiger charge is 2.29. The van der Waals surface area contributed by atoms with E-state index in [1.165, 1.54) is 0 Å². The van der Waals surface area contributed by atoms with Gasteiger partial charge in [-0.25, -0.2) is 4.79 Å². The van der Waals surface area contributed by atoms with Gasteiger partial charge in [0.2, 0.25) is 0 Å². The molecule has 1 N–H and O–H groups in total. The van der Waals surface area contributed by atoms with Crippen LogP contribution in [-0.4, -0.2) is 67.6 Å². The third-order valence-electron chi connectivity index (χ3n) is 6.26. The van der Waals surface area contributed by atoms with Crippen LogP contribution in [0.5, 0.6) is 0 Å². The van der Waals surface area contributed by atoms with Crippen molar-refractivity contribution in [3.63, 3.8) is 0 Å². The van der Waals surface area contributed by atoms with E-state index >= 15 is 0 Å². The molecule has 4 rings (SSSR count). The molecular weight excluding hydrogens is 390 g/mol. The SMILES string of the molecule is O=C(c1ccccc1)C1CCN(C(=O)NC(CN2CCOCC2)c2ccccc2)CC1. The van der Waals surface area contributed by atoms with Crippen LogP contribution in [0.2, 0.25) is 0 Å². The van der Waals surface area contributed by atoms with E-state index in [9.17, 15) is 9.59 Å². The predicted molar refractivity (Wildman–Crippen MR) is 120 cm³/mol. The molecule has 2 aromatic rings. The Morgan fingerprint density at radius 3 is 2.16 bits per heavy atom. The number of carbonyl (C=O) groups excluding carboxylic acids is 2. The number of amides is 2. The van der Waals surface area contributed by atoms with Crippen LogP contribution >= 0.6 is 0 Å². The third-order valence-corrected chi connectivity index (χ3v) is 6.26. The Balaban J connectivity index is 1.35. The number of benzene rings is 2. The first kappa shape index (κ1) is 21.5. The van der Waals surface area contributed by atoms with Crippen molar-refractivity contribution in [1.82, 2.24) is 15.1 Å². The summed E-state index contributed by atoms with van der Waals surface area (Å²) in [5.74, 6) is 0.180. The fraction of sp³-hybridized carbons (Fsp3) is 0.440. The standard InChI is InChI=1S/C25H31N3O3/c29-24(21-9-5-2-6-10-21)22-11-13-28(14-12-22)25(30)26-23(20-7-3-1-4-8-20)19-27-15-17-31-18-16-27/h1-10,22-23H,11-19H2,(H,26,30). The molecule has 2 aromatic carbocycles. The number of piperidine rings is 1. The Labute approximate surface area is 184 Å². The van der Waals surface area contributed by atoms with E-state index in [2.05, 4.69) is 22.3 Å². The van der Waals surface area contributed by atoms with Gasteiger partial charge in [0.1, 0.15) is 0 Å². The Morgan fingerprint density at radius 1 is 0.903 bits per heavy atom. The van der Waals surface area contributed by atoms with Crippen LogP contribution in [0.3, 0.4) is 0 Å². The molecule has 0 bridgehead atoms. The van der Waals surface area contributed by atoms with Gasteiger partial charge in [-0.3, -0.25) is 9.69 Å². The van der Waals surface area contributed by atoms with Crippen molar-refractivity contribution in [1.29, 1.82) is 0 Å². The summed E-state index contributed by atoms with van der Waals surface area (Å²) < 4.78 is 5.46. The monoisotopic (exact) mass is 421 g/mol. The zero-order valence-corrected chi connectivity index (χ0v) is 17.9. The molecule has 2 fully saturated rings. The fourth-order valence-corrected chi connectivity index (χ4v) is 4.38. The average Bonchev–Trinajstić information content (AvgIpc) is 2.85. The van der Waals surface area contributed by atoms with E-state index in [0.717, 1.165) is 44.0 Å². The lowest BCUT2D eigenvalue weighted by molar-refractivity contribution is 0.0335. The van der Waals surface area contributed by atoms with Crippen LogP contribution in [0.15, 0.2) is 60.7 Å². The summed E-state index contributed by atoms with van der Waals surface area (Å²) >= 11 is 0. The number of hydrogen-bond acceptors (Lipinski definition) is 4. The van der Waals surface area contributed by atoms with Crippen molar-refractivity contribution >= 4 is 11.8 Å². The first-order chi connectivity index (χ1) is 15.2. The van der Waals surface area contributed by atoms with Gasteiger partial charge in [-0.05, 0) is 18.4 Å². The number of Topliss-reactive ketones (excluding diaryl/α,β-unsaturated/α-hetero) is 1. The van der Waals surface area contributed by atoms with E-state index in [0.29, 0.717) is 25.9 Å². The van der Waals surface area contributed by atoms with Crippen molar-refractivity contribution in [2.75, 3.05) is 45.9 Å². The first-order valence-electron chi connectivity index (χ1n) is 11.2. The zero-order valence-electron chi connectivity index (χ0n) is 17.9. The second-order valence-corrected chi connectivity index (χ2v) is 8.32. The second kappa shape index (κ2) is 10.6. The molecule has 0 spiro atoms. The average molecular weight is 422 g/mol. The predicted octanol–water partition coefficient (Wildman–Crippen LogP) is 3.36. The van der Waals surface area contributed by atoms with Crippen molar-refractivity contribution in [2.24, 2.45) is 5.92 Å². The minimum Gasteiger partial charge on any atom is -0.379 e. The molecule has 1 atom stereocenters. The van der Waals surface area contributed by atoms with Crippen LogP contribution in [-0.2, 0) is 4.74 Å². The normalized spacial score (nSPS) is 19.0. The lowest BCUT2D eigenvalue weighted by Gasteiger charge is -2.35. The lowest BCUT2D eigenvalue weighted by Crippen LogP contribution is -2.49. The molecule has 2 aliphatic rings. The Morgan fingerprint density at radius 2 is 1.52 bits per heavy atom. The van der Waals surface area contributed by atoms with E-state index in [1.54, 1.807) is 0 Å². The maximum absolute atomic E-state index is 13.1. The lowest BCUT2D eigenvalue weighted by atomic mass is 9.89. The molecular formula is C25H31N3O3. The van der Waals surface area contributed by atoms with Gasteiger partial charge in [0.25, 0.3) is 0 Å². The quantitative estimate of drug-likeness (QED) is 0.727. The number of carbonyl (C=O) groups is 2. The summed E-state index contributed by atoms with van der Waals surface area (Å²) in [5, 5.41) is 3.25. The molecule has 2 aliphatic heterocycles. The van der Waals surface area contributed by atoms with Gasteiger partial charge >= 0.3 is 6.03 Å². The number of rotatable bonds is 6. The van der Waals surface area contributed by atoms with Crippen LogP contribution in [0, 0.1) is 5.92 Å². The van der Waals surface area contributed by atoms with Crippen molar-refractivity contribution < 1.29 is 14.3 Å². The summed E-state index contributed by atoms with van der Waals surface area (Å²) in [6.45, 7) is 5.21. The maximum Gasteiger partial charge on any atom is 0.317 e. The van der Waals surface area contributed by atoms with Crippen LogP contribution in [0.4, 0.5) is 4.79 Å². The van der Waals surface area contributed by atoms with Crippen molar-refractivity contribution in [3.05, 3.63) is 71.8 Å². The molecule has 1 unspecified atom stereocenters. The summed E-state index contributed by atoms with van der Waals surface area (Å²) in [7, 11) is 0. The van der Waals surface area contributed by atoms with Crippen LogP contribution < -0.4 is 5.32 Å². The van der Waals surface area contributed by atoms with Crippen LogP contribution in [0.25, 0.3) is 0 Å². The highest BCUT2D eigenvalue weighted by Crippen LogP contribution is 2.23. The second-order valence-electron chi connectivity index (χ2n) is 8.32. The number of hydrogen-bond donors (Lipinski definition) is 1. The Kier molecular flexibility index (Phi) is 7.33.